The molecule has 0 spiro atoms. The lowest BCUT2D eigenvalue weighted by molar-refractivity contribution is 0.00578. The smallest absolute Gasteiger partial charge is 0.478 e. The first-order valence-corrected chi connectivity index (χ1v) is 8.10. The van der Waals surface area contributed by atoms with Gasteiger partial charge in [0.2, 0.25) is 0 Å². The van der Waals surface area contributed by atoms with Crippen molar-refractivity contribution in [2.45, 2.75) is 45.8 Å². The first-order chi connectivity index (χ1) is 11.5. The largest absolute Gasteiger partial charge is 0.525 e. The normalized spacial score (nSPS) is 20.0. The molecule has 0 atom stereocenters. The molecule has 25 heavy (non-hydrogen) atoms. The molecular formula is C18H21BFNO4. The molecule has 5 nitrogen and oxygen atoms in total. The lowest BCUT2D eigenvalue weighted by Crippen LogP contribution is -2.41. The first kappa shape index (κ1) is 17.7. The molecule has 0 saturated carbocycles. The number of aromatic nitrogens is 1. The Morgan fingerprint density at radius 1 is 1.20 bits per heavy atom. The Labute approximate surface area is 146 Å². The number of aromatic carboxylic acids is 1. The minimum atomic E-state index is -1.06. The first-order valence-electron chi connectivity index (χ1n) is 8.10. The van der Waals surface area contributed by atoms with Crippen LogP contribution < -0.4 is 0 Å². The standard InChI is InChI=1S/C18H21BFNO4/c1-10(15(20)19-24-17(2,3)18(4,5)25-19)13-9-21-14-8-11(16(22)23)6-7-12(13)14/h6-9,21H,1-5H3,(H,22,23). The molecule has 1 aromatic carbocycles. The van der Waals surface area contributed by atoms with Gasteiger partial charge in [-0.25, -0.2) is 9.18 Å². The summed E-state index contributed by atoms with van der Waals surface area (Å²) < 4.78 is 26.5. The number of carboxylic acids is 1. The molecule has 1 aliphatic heterocycles. The third-order valence-electron chi connectivity index (χ3n) is 5.15. The highest BCUT2D eigenvalue weighted by atomic mass is 19.1. The number of halogens is 1. The molecule has 7 heteroatoms. The SMILES string of the molecule is CC(=C(F)B1OC(C)(C)C(C)(C)O1)c1c[nH]c2cc(C(=O)O)ccc12. The number of benzene rings is 1. The van der Waals surface area contributed by atoms with E-state index in [1.54, 1.807) is 19.2 Å². The molecular weight excluding hydrogens is 324 g/mol. The summed E-state index contributed by atoms with van der Waals surface area (Å²) in [5.74, 6) is -1.01. The Morgan fingerprint density at radius 2 is 1.80 bits per heavy atom. The van der Waals surface area contributed by atoms with E-state index in [1.807, 2.05) is 27.7 Å². The number of hydrogen-bond acceptors (Lipinski definition) is 3. The third kappa shape index (κ3) is 2.87. The molecule has 2 heterocycles. The lowest BCUT2D eigenvalue weighted by Gasteiger charge is -2.32. The summed E-state index contributed by atoms with van der Waals surface area (Å²) in [7, 11) is -1.06. The van der Waals surface area contributed by atoms with Crippen LogP contribution in [0.25, 0.3) is 16.5 Å². The number of rotatable bonds is 3. The molecule has 1 fully saturated rings. The van der Waals surface area contributed by atoms with E-state index in [2.05, 4.69) is 4.98 Å². The van der Waals surface area contributed by atoms with Crippen molar-refractivity contribution in [2.75, 3.05) is 0 Å². The second kappa shape index (κ2) is 5.71. The number of carbonyl (C=O) groups is 1. The molecule has 2 N–H and O–H groups in total. The number of carboxylic acid groups (broad SMARTS) is 1. The highest BCUT2D eigenvalue weighted by molar-refractivity contribution is 6.55. The number of nitrogens with one attached hydrogen (secondary N) is 1. The molecule has 132 valence electrons. The van der Waals surface area contributed by atoms with Crippen molar-refractivity contribution in [2.24, 2.45) is 0 Å². The van der Waals surface area contributed by atoms with Crippen LogP contribution in [0, 0.1) is 0 Å². The van der Waals surface area contributed by atoms with Gasteiger partial charge < -0.3 is 19.4 Å². The van der Waals surface area contributed by atoms with Gasteiger partial charge in [-0.2, -0.15) is 0 Å². The average molecular weight is 345 g/mol. The fraction of sp³-hybridized carbons (Fsp3) is 0.389. The predicted molar refractivity (Wildman–Crippen MR) is 95.0 cm³/mol. The fourth-order valence-electron chi connectivity index (χ4n) is 2.82. The van der Waals surface area contributed by atoms with Gasteiger partial charge in [-0.05, 0) is 52.3 Å². The number of H-pyrrole nitrogens is 1. The van der Waals surface area contributed by atoms with Gasteiger partial charge in [0.1, 0.15) is 5.73 Å². The number of allylic oxidation sites excluding steroid dienone is 1. The molecule has 0 bridgehead atoms. The van der Waals surface area contributed by atoms with Crippen LogP contribution in [0.5, 0.6) is 0 Å². The van der Waals surface area contributed by atoms with Crippen LogP contribution in [0.3, 0.4) is 0 Å². The van der Waals surface area contributed by atoms with Crippen LogP contribution in [0.2, 0.25) is 0 Å². The van der Waals surface area contributed by atoms with E-state index in [0.717, 1.165) is 5.39 Å². The zero-order valence-electron chi connectivity index (χ0n) is 14.9. The van der Waals surface area contributed by atoms with Gasteiger partial charge in [0, 0.05) is 22.7 Å². The molecule has 0 radical (unpaired) electrons. The van der Waals surface area contributed by atoms with Crippen molar-refractivity contribution in [1.82, 2.24) is 4.98 Å². The van der Waals surface area contributed by atoms with Crippen molar-refractivity contribution < 1.29 is 23.6 Å². The maximum Gasteiger partial charge on any atom is 0.525 e. The lowest BCUT2D eigenvalue weighted by atomic mass is 9.83. The van der Waals surface area contributed by atoms with Crippen LogP contribution in [0.1, 0.15) is 50.5 Å². The average Bonchev–Trinajstić information content (AvgIpc) is 3.03. The summed E-state index contributed by atoms with van der Waals surface area (Å²) in [4.78, 5) is 14.1. The maximum atomic E-state index is 15.0. The van der Waals surface area contributed by atoms with Crippen molar-refractivity contribution in [3.8, 4) is 0 Å². The maximum absolute atomic E-state index is 15.0. The van der Waals surface area contributed by atoms with E-state index in [-0.39, 0.29) is 5.56 Å². The Hall–Kier alpha value is -2.12. The van der Waals surface area contributed by atoms with Crippen LogP contribution in [-0.2, 0) is 9.31 Å². The summed E-state index contributed by atoms with van der Waals surface area (Å²) in [6, 6.07) is 4.70. The Bertz CT molecular complexity index is 868. The van der Waals surface area contributed by atoms with E-state index in [4.69, 9.17) is 14.4 Å². The molecule has 2 aromatic rings. The Kier molecular flexibility index (Phi) is 4.04. The summed E-state index contributed by atoms with van der Waals surface area (Å²) in [5, 5.41) is 9.82. The number of fused-ring (bicyclic) bond motifs is 1. The predicted octanol–water partition coefficient (Wildman–Crippen LogP) is 4.20. The van der Waals surface area contributed by atoms with Gasteiger partial charge in [0.25, 0.3) is 0 Å². The highest BCUT2D eigenvalue weighted by Crippen LogP contribution is 2.40. The zero-order chi connectivity index (χ0) is 18.6. The topological polar surface area (TPSA) is 71.5 Å². The van der Waals surface area contributed by atoms with E-state index < -0.39 is 30.0 Å². The van der Waals surface area contributed by atoms with E-state index >= 15 is 4.39 Å². The van der Waals surface area contributed by atoms with Crippen molar-refractivity contribution >= 4 is 29.6 Å². The van der Waals surface area contributed by atoms with Crippen LogP contribution >= 0.6 is 0 Å². The minimum absolute atomic E-state index is 0.175. The summed E-state index contributed by atoms with van der Waals surface area (Å²) in [6.45, 7) is 9.14. The Morgan fingerprint density at radius 3 is 2.36 bits per heavy atom. The monoisotopic (exact) mass is 345 g/mol. The van der Waals surface area contributed by atoms with E-state index in [0.29, 0.717) is 16.7 Å². The van der Waals surface area contributed by atoms with Gasteiger partial charge >= 0.3 is 13.1 Å². The quantitative estimate of drug-likeness (QED) is 0.818. The molecule has 0 aliphatic carbocycles. The van der Waals surface area contributed by atoms with Gasteiger partial charge in [0.05, 0.1) is 16.8 Å². The Balaban J connectivity index is 2.00. The summed E-state index contributed by atoms with van der Waals surface area (Å²) >= 11 is 0. The molecule has 0 amide bonds. The van der Waals surface area contributed by atoms with Gasteiger partial charge in [-0.15, -0.1) is 0 Å². The van der Waals surface area contributed by atoms with Crippen molar-refractivity contribution in [3.05, 3.63) is 41.2 Å². The number of aromatic amines is 1. The van der Waals surface area contributed by atoms with Crippen LogP contribution in [0.4, 0.5) is 4.39 Å². The molecule has 1 saturated heterocycles. The van der Waals surface area contributed by atoms with Gasteiger partial charge in [0.15, 0.2) is 0 Å². The van der Waals surface area contributed by atoms with Crippen molar-refractivity contribution in [3.63, 3.8) is 0 Å². The van der Waals surface area contributed by atoms with Crippen molar-refractivity contribution in [1.29, 1.82) is 0 Å². The fourth-order valence-corrected chi connectivity index (χ4v) is 2.82. The molecule has 3 rings (SSSR count). The highest BCUT2D eigenvalue weighted by Gasteiger charge is 2.53. The van der Waals surface area contributed by atoms with Crippen LogP contribution in [-0.4, -0.2) is 34.4 Å². The van der Waals surface area contributed by atoms with Gasteiger partial charge in [-0.3, -0.25) is 0 Å². The molecule has 1 aromatic heterocycles. The molecule has 0 unspecified atom stereocenters. The van der Waals surface area contributed by atoms with Crippen LogP contribution in [0.15, 0.2) is 30.1 Å². The second-order valence-electron chi connectivity index (χ2n) is 7.33. The summed E-state index contributed by atoms with van der Waals surface area (Å²) in [6.07, 6.45) is 1.66. The van der Waals surface area contributed by atoms with Gasteiger partial charge in [-0.1, -0.05) is 6.07 Å². The zero-order valence-corrected chi connectivity index (χ0v) is 14.9. The second-order valence-corrected chi connectivity index (χ2v) is 7.33. The third-order valence-corrected chi connectivity index (χ3v) is 5.15. The van der Waals surface area contributed by atoms with E-state index in [1.165, 1.54) is 12.1 Å². The van der Waals surface area contributed by atoms with E-state index in [9.17, 15) is 4.79 Å². The number of hydrogen-bond donors (Lipinski definition) is 2. The minimum Gasteiger partial charge on any atom is -0.478 e. The molecule has 1 aliphatic rings. The summed E-state index contributed by atoms with van der Waals surface area (Å²) in [5.41, 5.74) is 0.136.